The van der Waals surface area contributed by atoms with Gasteiger partial charge in [0.25, 0.3) is 0 Å². The number of amides is 1. The Bertz CT molecular complexity index is 314. The van der Waals surface area contributed by atoms with Crippen LogP contribution < -0.4 is 10.9 Å². The molecule has 2 aliphatic heterocycles. The van der Waals surface area contributed by atoms with E-state index >= 15 is 0 Å². The zero-order valence-corrected chi connectivity index (χ0v) is 10.8. The van der Waals surface area contributed by atoms with Gasteiger partial charge in [-0.15, -0.1) is 0 Å². The lowest BCUT2D eigenvalue weighted by atomic mass is 9.95. The van der Waals surface area contributed by atoms with Crippen LogP contribution in [0.3, 0.4) is 0 Å². The zero-order chi connectivity index (χ0) is 13.0. The van der Waals surface area contributed by atoms with E-state index in [1.54, 1.807) is 0 Å². The first-order valence-corrected chi connectivity index (χ1v) is 6.63. The van der Waals surface area contributed by atoms with E-state index in [2.05, 4.69) is 15.8 Å². The van der Waals surface area contributed by atoms with Gasteiger partial charge in [-0.25, -0.2) is 5.43 Å². The quantitative estimate of drug-likeness (QED) is 0.675. The number of carbonyl (C=O) groups excluding carboxylic acids is 2. The highest BCUT2D eigenvalue weighted by Gasteiger charge is 2.31. The molecule has 2 aliphatic rings. The molecule has 0 aromatic rings. The first-order valence-electron chi connectivity index (χ1n) is 6.63. The van der Waals surface area contributed by atoms with Crippen LogP contribution in [-0.4, -0.2) is 49.1 Å². The van der Waals surface area contributed by atoms with Gasteiger partial charge in [-0.05, 0) is 32.9 Å². The first kappa shape index (κ1) is 13.3. The summed E-state index contributed by atoms with van der Waals surface area (Å²) >= 11 is 0. The molecule has 0 aliphatic carbocycles. The Morgan fingerprint density at radius 1 is 1.44 bits per heavy atom. The molecule has 6 heteroatoms. The van der Waals surface area contributed by atoms with E-state index in [4.69, 9.17) is 4.74 Å². The molecule has 18 heavy (non-hydrogen) atoms. The average Bonchev–Trinajstić information content (AvgIpc) is 2.39. The number of rotatable bonds is 3. The number of hydrogen-bond donors (Lipinski definition) is 2. The number of carbonyl (C=O) groups is 2. The van der Waals surface area contributed by atoms with Gasteiger partial charge in [-0.2, -0.15) is 0 Å². The van der Waals surface area contributed by atoms with Crippen molar-refractivity contribution < 1.29 is 14.3 Å². The van der Waals surface area contributed by atoms with Crippen LogP contribution in [-0.2, 0) is 14.3 Å². The van der Waals surface area contributed by atoms with Crippen LogP contribution in [0.25, 0.3) is 0 Å². The molecule has 1 unspecified atom stereocenters. The lowest BCUT2D eigenvalue weighted by molar-refractivity contribution is -0.150. The summed E-state index contributed by atoms with van der Waals surface area (Å²) in [5, 5.41) is 0. The minimum absolute atomic E-state index is 0.0339. The predicted octanol–water partition coefficient (Wildman–Crippen LogP) is -0.345. The molecule has 2 rings (SSSR count). The van der Waals surface area contributed by atoms with Gasteiger partial charge in [-0.3, -0.25) is 19.9 Å². The van der Waals surface area contributed by atoms with Crippen molar-refractivity contribution in [2.24, 2.45) is 5.92 Å². The van der Waals surface area contributed by atoms with Crippen LogP contribution >= 0.6 is 0 Å². The molecule has 2 fully saturated rings. The van der Waals surface area contributed by atoms with Crippen LogP contribution in [0.1, 0.15) is 26.2 Å². The number of nitrogens with zero attached hydrogens (tertiary/aromatic N) is 1. The summed E-state index contributed by atoms with van der Waals surface area (Å²) in [7, 11) is 0. The number of hydrazine groups is 1. The number of ether oxygens (including phenoxy) is 1. The largest absolute Gasteiger partial charge is 0.466 e. The molecule has 0 aromatic carbocycles. The van der Waals surface area contributed by atoms with Crippen molar-refractivity contribution in [1.29, 1.82) is 0 Å². The van der Waals surface area contributed by atoms with Crippen molar-refractivity contribution in [3.05, 3.63) is 0 Å². The second-order valence-electron chi connectivity index (χ2n) is 4.85. The molecule has 0 radical (unpaired) electrons. The van der Waals surface area contributed by atoms with Gasteiger partial charge in [0.2, 0.25) is 5.91 Å². The van der Waals surface area contributed by atoms with Crippen molar-refractivity contribution in [2.45, 2.75) is 32.2 Å². The number of esters is 1. The Labute approximate surface area is 107 Å². The molecular formula is C12H21N3O3. The lowest BCUT2D eigenvalue weighted by Gasteiger charge is -2.38. The van der Waals surface area contributed by atoms with Gasteiger partial charge in [0, 0.05) is 19.0 Å². The summed E-state index contributed by atoms with van der Waals surface area (Å²) in [5.41, 5.74) is 5.51. The van der Waals surface area contributed by atoms with E-state index in [1.165, 1.54) is 0 Å². The summed E-state index contributed by atoms with van der Waals surface area (Å²) in [6.45, 7) is 4.78. The molecule has 2 heterocycles. The van der Waals surface area contributed by atoms with E-state index in [-0.39, 0.29) is 23.8 Å². The van der Waals surface area contributed by atoms with Gasteiger partial charge in [0.1, 0.15) is 0 Å². The van der Waals surface area contributed by atoms with E-state index in [9.17, 15) is 9.59 Å². The maximum Gasteiger partial charge on any atom is 0.309 e. The van der Waals surface area contributed by atoms with Gasteiger partial charge >= 0.3 is 5.97 Å². The zero-order valence-electron chi connectivity index (χ0n) is 10.8. The number of nitrogens with one attached hydrogen (secondary N) is 2. The van der Waals surface area contributed by atoms with Crippen LogP contribution in [0.15, 0.2) is 0 Å². The van der Waals surface area contributed by atoms with E-state index in [1.807, 2.05) is 6.92 Å². The highest BCUT2D eigenvalue weighted by Crippen LogP contribution is 2.21. The fourth-order valence-corrected chi connectivity index (χ4v) is 2.62. The fraction of sp³-hybridized carbons (Fsp3) is 0.833. The van der Waals surface area contributed by atoms with Gasteiger partial charge in [0.15, 0.2) is 0 Å². The molecular weight excluding hydrogens is 234 g/mol. The summed E-state index contributed by atoms with van der Waals surface area (Å²) in [6.07, 6.45) is 2.20. The third kappa shape index (κ3) is 3.20. The Balaban J connectivity index is 1.79. The Kier molecular flexibility index (Phi) is 4.54. The van der Waals surface area contributed by atoms with E-state index in [0.717, 1.165) is 32.5 Å². The third-order valence-corrected chi connectivity index (χ3v) is 3.65. The monoisotopic (exact) mass is 255 g/mol. The minimum Gasteiger partial charge on any atom is -0.466 e. The van der Waals surface area contributed by atoms with Crippen LogP contribution in [0, 0.1) is 5.92 Å². The molecule has 1 atom stereocenters. The number of likely N-dealkylation sites (tertiary alicyclic amines) is 1. The number of piperidine rings is 1. The van der Waals surface area contributed by atoms with Crippen LogP contribution in [0.4, 0.5) is 0 Å². The second-order valence-corrected chi connectivity index (χ2v) is 4.85. The van der Waals surface area contributed by atoms with Crippen molar-refractivity contribution in [1.82, 2.24) is 15.8 Å². The van der Waals surface area contributed by atoms with Crippen LogP contribution in [0.5, 0.6) is 0 Å². The number of hydrogen-bond acceptors (Lipinski definition) is 5. The maximum atomic E-state index is 11.6. The molecule has 102 valence electrons. The normalized spacial score (nSPS) is 26.7. The van der Waals surface area contributed by atoms with Gasteiger partial charge in [0.05, 0.1) is 12.5 Å². The van der Waals surface area contributed by atoms with E-state index < -0.39 is 0 Å². The fourth-order valence-electron chi connectivity index (χ4n) is 2.62. The molecule has 2 saturated heterocycles. The standard InChI is InChI=1S/C12H21N3O3/c1-2-18-12(17)9-3-5-15(6-4-9)10-7-11(16)14-13-8-10/h9-10,13H,2-8H2,1H3,(H,14,16). The summed E-state index contributed by atoms with van der Waals surface area (Å²) < 4.78 is 5.05. The van der Waals surface area contributed by atoms with Gasteiger partial charge < -0.3 is 4.74 Å². The Morgan fingerprint density at radius 3 is 2.78 bits per heavy atom. The van der Waals surface area contributed by atoms with Crippen molar-refractivity contribution in [3.8, 4) is 0 Å². The lowest BCUT2D eigenvalue weighted by Crippen LogP contribution is -2.56. The average molecular weight is 255 g/mol. The second kappa shape index (κ2) is 6.15. The summed E-state index contributed by atoms with van der Waals surface area (Å²) in [6, 6.07) is 0.252. The summed E-state index contributed by atoms with van der Waals surface area (Å²) in [4.78, 5) is 25.2. The van der Waals surface area contributed by atoms with E-state index in [0.29, 0.717) is 13.0 Å². The SMILES string of the molecule is CCOC(=O)C1CCN(C2CNNC(=O)C2)CC1. The molecule has 0 spiro atoms. The molecule has 6 nitrogen and oxygen atoms in total. The topological polar surface area (TPSA) is 70.7 Å². The highest BCUT2D eigenvalue weighted by molar-refractivity contribution is 5.76. The third-order valence-electron chi connectivity index (χ3n) is 3.65. The predicted molar refractivity (Wildman–Crippen MR) is 65.5 cm³/mol. The minimum atomic E-state index is -0.0725. The molecule has 0 saturated carbocycles. The van der Waals surface area contributed by atoms with Crippen molar-refractivity contribution in [3.63, 3.8) is 0 Å². The Morgan fingerprint density at radius 2 is 2.17 bits per heavy atom. The van der Waals surface area contributed by atoms with Gasteiger partial charge in [-0.1, -0.05) is 0 Å². The summed E-state index contributed by atoms with van der Waals surface area (Å²) in [5.74, 6) is 0.00186. The molecule has 0 bridgehead atoms. The molecule has 2 N–H and O–H groups in total. The molecule has 1 amide bonds. The molecule has 0 aromatic heterocycles. The van der Waals surface area contributed by atoms with Crippen LogP contribution in [0.2, 0.25) is 0 Å². The highest BCUT2D eigenvalue weighted by atomic mass is 16.5. The Hall–Kier alpha value is -1.14. The van der Waals surface area contributed by atoms with Crippen molar-refractivity contribution in [2.75, 3.05) is 26.2 Å². The first-order chi connectivity index (χ1) is 8.70. The van der Waals surface area contributed by atoms with Crippen molar-refractivity contribution >= 4 is 11.9 Å². The smallest absolute Gasteiger partial charge is 0.309 e. The maximum absolute atomic E-state index is 11.6.